The second-order valence-corrected chi connectivity index (χ2v) is 3.60. The molecule has 0 heterocycles. The second kappa shape index (κ2) is 6.68. The third-order valence-corrected chi connectivity index (χ3v) is 2.23. The molecular weight excluding hydrogens is 218 g/mol. The summed E-state index contributed by atoms with van der Waals surface area (Å²) in [5.41, 5.74) is 0.545. The number of ether oxygens (including phenoxy) is 1. The summed E-state index contributed by atoms with van der Waals surface area (Å²) < 4.78 is 5.43. The van der Waals surface area contributed by atoms with Gasteiger partial charge in [-0.3, -0.25) is 9.59 Å². The van der Waals surface area contributed by atoms with Gasteiger partial charge in [-0.05, 0) is 26.0 Å². The van der Waals surface area contributed by atoms with Crippen LogP contribution in [0, 0.1) is 0 Å². The number of rotatable bonds is 6. The van der Waals surface area contributed by atoms with Crippen molar-refractivity contribution < 1.29 is 14.3 Å². The fourth-order valence-electron chi connectivity index (χ4n) is 1.42. The van der Waals surface area contributed by atoms with E-state index >= 15 is 0 Å². The van der Waals surface area contributed by atoms with Gasteiger partial charge in [0, 0.05) is 6.54 Å². The third-order valence-electron chi connectivity index (χ3n) is 2.23. The van der Waals surface area contributed by atoms with E-state index in [4.69, 9.17) is 4.74 Å². The molecule has 0 aliphatic carbocycles. The largest absolute Gasteiger partial charge is 0.492 e. The Morgan fingerprint density at radius 1 is 1.29 bits per heavy atom. The van der Waals surface area contributed by atoms with Crippen LogP contribution in [0.4, 0.5) is 0 Å². The van der Waals surface area contributed by atoms with Gasteiger partial charge >= 0.3 is 0 Å². The number of para-hydroxylation sites is 1. The van der Waals surface area contributed by atoms with Gasteiger partial charge in [0.2, 0.25) is 5.91 Å². The highest BCUT2D eigenvalue weighted by Crippen LogP contribution is 2.18. The Kier molecular flexibility index (Phi) is 5.20. The Labute approximate surface area is 101 Å². The van der Waals surface area contributed by atoms with E-state index in [-0.39, 0.29) is 18.3 Å². The van der Waals surface area contributed by atoms with Crippen LogP contribution in [0.2, 0.25) is 0 Å². The number of carbonyl (C=O) groups is 2. The lowest BCUT2D eigenvalue weighted by Crippen LogP contribution is -2.24. The first kappa shape index (κ1) is 13.2. The molecule has 0 unspecified atom stereocenters. The summed E-state index contributed by atoms with van der Waals surface area (Å²) in [6.45, 7) is 4.24. The van der Waals surface area contributed by atoms with Crippen LogP contribution in [-0.4, -0.2) is 24.8 Å². The van der Waals surface area contributed by atoms with Crippen molar-refractivity contribution >= 4 is 11.7 Å². The molecule has 0 atom stereocenters. The molecule has 17 heavy (non-hydrogen) atoms. The molecule has 0 saturated carbocycles. The molecule has 0 aliphatic rings. The maximum Gasteiger partial charge on any atom is 0.223 e. The topological polar surface area (TPSA) is 55.4 Å². The minimum absolute atomic E-state index is 0.0430. The number of hydrogen-bond acceptors (Lipinski definition) is 3. The van der Waals surface area contributed by atoms with E-state index in [1.165, 1.54) is 6.92 Å². The van der Waals surface area contributed by atoms with E-state index in [2.05, 4.69) is 5.32 Å². The zero-order valence-electron chi connectivity index (χ0n) is 10.2. The van der Waals surface area contributed by atoms with Gasteiger partial charge < -0.3 is 10.1 Å². The lowest BCUT2D eigenvalue weighted by Gasteiger charge is -2.09. The van der Waals surface area contributed by atoms with Crippen molar-refractivity contribution in [2.45, 2.75) is 20.3 Å². The summed E-state index contributed by atoms with van der Waals surface area (Å²) in [5, 5.41) is 2.68. The third kappa shape index (κ3) is 4.26. The van der Waals surface area contributed by atoms with Gasteiger partial charge in [-0.1, -0.05) is 12.1 Å². The van der Waals surface area contributed by atoms with E-state index in [1.54, 1.807) is 24.3 Å². The van der Waals surface area contributed by atoms with Crippen LogP contribution in [0.25, 0.3) is 0 Å². The van der Waals surface area contributed by atoms with Gasteiger partial charge in [0.05, 0.1) is 18.6 Å². The molecule has 4 heteroatoms. The first-order valence-electron chi connectivity index (χ1n) is 5.64. The summed E-state index contributed by atoms with van der Waals surface area (Å²) >= 11 is 0. The van der Waals surface area contributed by atoms with Crippen molar-refractivity contribution in [2.75, 3.05) is 13.2 Å². The van der Waals surface area contributed by atoms with E-state index in [9.17, 15) is 9.59 Å². The zero-order chi connectivity index (χ0) is 12.7. The lowest BCUT2D eigenvalue weighted by atomic mass is 10.1. The van der Waals surface area contributed by atoms with Crippen LogP contribution >= 0.6 is 0 Å². The molecule has 4 nitrogen and oxygen atoms in total. The molecule has 0 fully saturated rings. The fourth-order valence-corrected chi connectivity index (χ4v) is 1.42. The van der Waals surface area contributed by atoms with Crippen molar-refractivity contribution in [3.8, 4) is 5.75 Å². The van der Waals surface area contributed by atoms with E-state index in [1.807, 2.05) is 6.92 Å². The van der Waals surface area contributed by atoms with Gasteiger partial charge in [-0.2, -0.15) is 0 Å². The smallest absolute Gasteiger partial charge is 0.223 e. The summed E-state index contributed by atoms with van der Waals surface area (Å²) in [7, 11) is 0. The molecular formula is C13H17NO3. The Morgan fingerprint density at radius 2 is 2.00 bits per heavy atom. The highest BCUT2D eigenvalue weighted by atomic mass is 16.5. The normalized spacial score (nSPS) is 9.76. The Morgan fingerprint density at radius 3 is 2.65 bits per heavy atom. The van der Waals surface area contributed by atoms with Gasteiger partial charge in [0.25, 0.3) is 0 Å². The van der Waals surface area contributed by atoms with Crippen LogP contribution in [0.5, 0.6) is 5.75 Å². The van der Waals surface area contributed by atoms with Crippen molar-refractivity contribution in [1.82, 2.24) is 5.32 Å². The molecule has 1 rings (SSSR count). The maximum atomic E-state index is 11.3. The van der Waals surface area contributed by atoms with Crippen LogP contribution in [0.1, 0.15) is 30.6 Å². The minimum atomic E-state index is -0.0483. The van der Waals surface area contributed by atoms with Crippen molar-refractivity contribution in [2.24, 2.45) is 0 Å². The molecule has 92 valence electrons. The molecule has 0 spiro atoms. The summed E-state index contributed by atoms with van der Waals surface area (Å²) in [6.07, 6.45) is 0.292. The lowest BCUT2D eigenvalue weighted by molar-refractivity contribution is -0.121. The molecule has 1 N–H and O–H groups in total. The predicted molar refractivity (Wildman–Crippen MR) is 65.2 cm³/mol. The average molecular weight is 235 g/mol. The first-order chi connectivity index (χ1) is 8.15. The predicted octanol–water partition coefficient (Wildman–Crippen LogP) is 1.79. The van der Waals surface area contributed by atoms with Gasteiger partial charge in [-0.25, -0.2) is 0 Å². The molecule has 0 aromatic heterocycles. The maximum absolute atomic E-state index is 11.3. The summed E-state index contributed by atoms with van der Waals surface area (Å²) in [4.78, 5) is 22.5. The van der Waals surface area contributed by atoms with Crippen LogP contribution in [0.15, 0.2) is 24.3 Å². The number of carbonyl (C=O) groups excluding carboxylic acids is 2. The number of nitrogens with one attached hydrogen (secondary N) is 1. The van der Waals surface area contributed by atoms with Gasteiger partial charge in [0.1, 0.15) is 5.75 Å². The molecule has 1 amide bonds. The molecule has 0 bridgehead atoms. The Balaban J connectivity index is 2.52. The first-order valence-corrected chi connectivity index (χ1v) is 5.64. The Hall–Kier alpha value is -1.84. The molecule has 1 aromatic rings. The standard InChI is InChI=1S/C13H17NO3/c1-3-14-13(16)8-9-17-12-7-5-4-6-11(12)10(2)15/h4-7H,3,8-9H2,1-2H3,(H,14,16). The van der Waals surface area contributed by atoms with Gasteiger partial charge in [-0.15, -0.1) is 0 Å². The number of ketones is 1. The van der Waals surface area contributed by atoms with Crippen LogP contribution < -0.4 is 10.1 Å². The number of Topliss-reactive ketones (excluding diaryl/α,β-unsaturated/α-hetero) is 1. The van der Waals surface area contributed by atoms with E-state index < -0.39 is 0 Å². The summed E-state index contributed by atoms with van der Waals surface area (Å²) in [6, 6.07) is 7.03. The minimum Gasteiger partial charge on any atom is -0.492 e. The average Bonchev–Trinajstić information content (AvgIpc) is 2.30. The molecule has 0 aliphatic heterocycles. The van der Waals surface area contributed by atoms with E-state index in [0.717, 1.165) is 0 Å². The van der Waals surface area contributed by atoms with Crippen LogP contribution in [0.3, 0.4) is 0 Å². The zero-order valence-corrected chi connectivity index (χ0v) is 10.2. The molecule has 0 radical (unpaired) electrons. The highest BCUT2D eigenvalue weighted by Gasteiger charge is 2.07. The van der Waals surface area contributed by atoms with Crippen molar-refractivity contribution in [1.29, 1.82) is 0 Å². The van der Waals surface area contributed by atoms with Crippen molar-refractivity contribution in [3.63, 3.8) is 0 Å². The highest BCUT2D eigenvalue weighted by molar-refractivity contribution is 5.96. The Bertz CT molecular complexity index is 401. The SMILES string of the molecule is CCNC(=O)CCOc1ccccc1C(C)=O. The van der Waals surface area contributed by atoms with E-state index in [0.29, 0.717) is 24.3 Å². The summed E-state index contributed by atoms with van der Waals surface area (Å²) in [5.74, 6) is 0.440. The van der Waals surface area contributed by atoms with Gasteiger partial charge in [0.15, 0.2) is 5.78 Å². The second-order valence-electron chi connectivity index (χ2n) is 3.60. The van der Waals surface area contributed by atoms with Crippen molar-refractivity contribution in [3.05, 3.63) is 29.8 Å². The number of benzene rings is 1. The molecule has 1 aromatic carbocycles. The quantitative estimate of drug-likeness (QED) is 0.765. The number of hydrogen-bond donors (Lipinski definition) is 1. The number of amides is 1. The molecule has 0 saturated heterocycles. The van der Waals surface area contributed by atoms with Crippen LogP contribution in [-0.2, 0) is 4.79 Å². The fraction of sp³-hybridized carbons (Fsp3) is 0.385. The monoisotopic (exact) mass is 235 g/mol.